The zero-order valence-corrected chi connectivity index (χ0v) is 23.8. The Labute approximate surface area is 234 Å². The third-order valence-electron chi connectivity index (χ3n) is 9.17. The van der Waals surface area contributed by atoms with Crippen molar-refractivity contribution in [1.82, 2.24) is 19.8 Å². The Kier molecular flexibility index (Phi) is 7.05. The summed E-state index contributed by atoms with van der Waals surface area (Å²) in [5, 5.41) is 4.00. The molecular weight excluding hydrogens is 508 g/mol. The Morgan fingerprint density at radius 1 is 1.13 bits per heavy atom. The average molecular weight is 547 g/mol. The molecule has 6 rings (SSSR count). The lowest BCUT2D eigenvalue weighted by Crippen LogP contribution is -2.46. The topological polar surface area (TPSA) is 104 Å². The Morgan fingerprint density at radius 2 is 1.90 bits per heavy atom. The first-order valence-electron chi connectivity index (χ1n) is 14.3. The number of fused-ring (bicyclic) bond motifs is 3. The molecule has 0 saturated carbocycles. The molecule has 0 radical (unpaired) electrons. The molecule has 5 heterocycles. The van der Waals surface area contributed by atoms with Crippen molar-refractivity contribution in [2.75, 3.05) is 24.6 Å². The van der Waals surface area contributed by atoms with Crippen molar-refractivity contribution in [1.29, 1.82) is 0 Å². The number of nitrogens with zero attached hydrogens (tertiary/aromatic N) is 4. The molecule has 8 nitrogen and oxygen atoms in total. The van der Waals surface area contributed by atoms with Crippen LogP contribution in [0.2, 0.25) is 0 Å². The molecule has 39 heavy (non-hydrogen) atoms. The van der Waals surface area contributed by atoms with Crippen LogP contribution < -0.4 is 11.1 Å². The Morgan fingerprint density at radius 3 is 2.64 bits per heavy atom. The van der Waals surface area contributed by atoms with Gasteiger partial charge in [0.1, 0.15) is 5.82 Å². The van der Waals surface area contributed by atoms with Gasteiger partial charge < -0.3 is 20.9 Å². The Balaban J connectivity index is 1.22. The summed E-state index contributed by atoms with van der Waals surface area (Å²) in [7, 11) is 2.27. The molecule has 2 bridgehead atoms. The van der Waals surface area contributed by atoms with Gasteiger partial charge in [0.15, 0.2) is 0 Å². The predicted octanol–water partition coefficient (Wildman–Crippen LogP) is 5.11. The fourth-order valence-corrected chi connectivity index (χ4v) is 7.94. The van der Waals surface area contributed by atoms with E-state index in [1.54, 1.807) is 11.0 Å². The highest BCUT2D eigenvalue weighted by molar-refractivity contribution is 7.18. The van der Waals surface area contributed by atoms with Gasteiger partial charge in [-0.15, -0.1) is 11.3 Å². The van der Waals surface area contributed by atoms with Crippen LogP contribution in [0.3, 0.4) is 0 Å². The number of benzene rings is 1. The summed E-state index contributed by atoms with van der Waals surface area (Å²) in [4.78, 5) is 40.1. The number of carbonyl (C=O) groups is 2. The van der Waals surface area contributed by atoms with Crippen molar-refractivity contribution in [3.63, 3.8) is 0 Å². The molecular formula is C30H38N6O2S. The molecule has 206 valence electrons. The number of anilines is 2. The molecule has 9 heteroatoms. The summed E-state index contributed by atoms with van der Waals surface area (Å²) < 4.78 is 1.20. The molecule has 3 saturated heterocycles. The molecule has 0 spiro atoms. The van der Waals surface area contributed by atoms with Gasteiger partial charge in [0.2, 0.25) is 0 Å². The van der Waals surface area contributed by atoms with Crippen LogP contribution in [0.4, 0.5) is 11.5 Å². The van der Waals surface area contributed by atoms with Crippen LogP contribution in [0.1, 0.15) is 80.5 Å². The van der Waals surface area contributed by atoms with Crippen LogP contribution >= 0.6 is 11.3 Å². The van der Waals surface area contributed by atoms with E-state index in [-0.39, 0.29) is 6.04 Å². The number of hydrogen-bond acceptors (Lipinski definition) is 7. The zero-order valence-electron chi connectivity index (χ0n) is 23.0. The van der Waals surface area contributed by atoms with E-state index in [2.05, 4.69) is 47.4 Å². The van der Waals surface area contributed by atoms with E-state index in [0.29, 0.717) is 48.4 Å². The van der Waals surface area contributed by atoms with Crippen molar-refractivity contribution < 1.29 is 9.59 Å². The summed E-state index contributed by atoms with van der Waals surface area (Å²) in [6.07, 6.45) is 9.03. The van der Waals surface area contributed by atoms with E-state index in [1.807, 2.05) is 18.3 Å². The van der Waals surface area contributed by atoms with Crippen LogP contribution in [0, 0.1) is 5.92 Å². The number of aryl methyl sites for hydroxylation is 1. The number of piperidine rings is 2. The lowest BCUT2D eigenvalue weighted by Gasteiger charge is -2.38. The van der Waals surface area contributed by atoms with Crippen LogP contribution in [-0.4, -0.2) is 57.3 Å². The van der Waals surface area contributed by atoms with Gasteiger partial charge in [-0.25, -0.2) is 9.97 Å². The van der Waals surface area contributed by atoms with E-state index in [1.165, 1.54) is 41.6 Å². The average Bonchev–Trinajstić information content (AvgIpc) is 3.43. The highest BCUT2D eigenvalue weighted by Crippen LogP contribution is 2.44. The number of nitrogens with one attached hydrogen (secondary N) is 1. The van der Waals surface area contributed by atoms with Crippen molar-refractivity contribution in [2.45, 2.75) is 82.8 Å². The van der Waals surface area contributed by atoms with Gasteiger partial charge >= 0.3 is 11.8 Å². The third-order valence-corrected chi connectivity index (χ3v) is 10.4. The van der Waals surface area contributed by atoms with Crippen LogP contribution in [0.5, 0.6) is 0 Å². The summed E-state index contributed by atoms with van der Waals surface area (Å²) in [5.74, 6) is 0.152. The van der Waals surface area contributed by atoms with E-state index in [0.717, 1.165) is 29.5 Å². The maximum absolute atomic E-state index is 13.5. The van der Waals surface area contributed by atoms with Crippen molar-refractivity contribution in [3.8, 4) is 0 Å². The van der Waals surface area contributed by atoms with Gasteiger partial charge in [-0.3, -0.25) is 9.59 Å². The first kappa shape index (κ1) is 26.2. The van der Waals surface area contributed by atoms with Gasteiger partial charge in [-0.05, 0) is 87.2 Å². The quantitative estimate of drug-likeness (QED) is 0.441. The highest BCUT2D eigenvalue weighted by atomic mass is 32.1. The van der Waals surface area contributed by atoms with Gasteiger partial charge in [0.05, 0.1) is 33.2 Å². The minimum Gasteiger partial charge on any atom is -0.383 e. The monoisotopic (exact) mass is 546 g/mol. The molecule has 3 aliphatic rings. The minimum absolute atomic E-state index is 0.149. The second kappa shape index (κ2) is 10.5. The number of carbonyl (C=O) groups excluding carboxylic acids is 2. The lowest BCUT2D eigenvalue weighted by molar-refractivity contribution is -0.146. The number of likely N-dealkylation sites (tertiary alicyclic amines) is 1. The highest BCUT2D eigenvalue weighted by Gasteiger charge is 2.40. The number of amides is 2. The molecule has 2 amide bonds. The molecule has 2 aromatic heterocycles. The van der Waals surface area contributed by atoms with Gasteiger partial charge in [0.25, 0.3) is 0 Å². The van der Waals surface area contributed by atoms with Crippen molar-refractivity contribution >= 4 is 44.9 Å². The Hall–Kier alpha value is -3.04. The first-order chi connectivity index (χ1) is 18.8. The maximum Gasteiger partial charge on any atom is 0.313 e. The third kappa shape index (κ3) is 5.02. The Bertz CT molecular complexity index is 1390. The van der Waals surface area contributed by atoms with E-state index in [4.69, 9.17) is 10.7 Å². The fourth-order valence-electron chi connectivity index (χ4n) is 6.87. The van der Waals surface area contributed by atoms with Gasteiger partial charge in [0, 0.05) is 24.5 Å². The lowest BCUT2D eigenvalue weighted by atomic mass is 9.89. The number of hydrogen-bond donors (Lipinski definition) is 2. The van der Waals surface area contributed by atoms with E-state index >= 15 is 0 Å². The summed E-state index contributed by atoms with van der Waals surface area (Å²) in [6, 6.07) is 9.43. The van der Waals surface area contributed by atoms with Crippen LogP contribution in [0.25, 0.3) is 10.2 Å². The maximum atomic E-state index is 13.5. The number of aromatic nitrogens is 2. The number of nitrogens with two attached hydrogens (primary N) is 1. The molecule has 0 aliphatic carbocycles. The van der Waals surface area contributed by atoms with Gasteiger partial charge in [-0.1, -0.05) is 19.9 Å². The van der Waals surface area contributed by atoms with Crippen LogP contribution in [-0.2, 0) is 16.0 Å². The summed E-state index contributed by atoms with van der Waals surface area (Å²) in [5.41, 5.74) is 9.29. The largest absolute Gasteiger partial charge is 0.383 e. The number of pyridine rings is 1. The SMILES string of the molecule is CCc1cc(NC(=O)C(=O)N2C[C@@H](C)CC[C@@H]2c2ccc3sc(C4CC5CCC(C4)N5C)nc3c2)cnc1N. The normalized spacial score (nSPS) is 27.2. The number of rotatable bonds is 4. The van der Waals surface area contributed by atoms with E-state index in [9.17, 15) is 9.59 Å². The predicted molar refractivity (Wildman–Crippen MR) is 156 cm³/mol. The fraction of sp³-hybridized carbons (Fsp3) is 0.533. The van der Waals surface area contributed by atoms with Gasteiger partial charge in [-0.2, -0.15) is 0 Å². The van der Waals surface area contributed by atoms with E-state index < -0.39 is 11.8 Å². The molecule has 3 N–H and O–H groups in total. The first-order valence-corrected chi connectivity index (χ1v) is 15.1. The molecule has 1 aromatic carbocycles. The number of nitrogen functional groups attached to an aromatic ring is 1. The number of thiazole rings is 1. The molecule has 4 atom stereocenters. The standard InChI is InChI=1S/C30H38N6O2S/c1-4-18-11-21(15-32-27(18)31)33-28(37)30(38)36-16-17(2)5-9-25(36)19-6-10-26-24(14-19)34-29(39-26)20-12-22-7-8-23(13-20)35(22)3/h6,10-11,14-15,17,20,22-23,25H,4-5,7-9,12-13,16H2,1-3H3,(H2,31,32)(H,33,37)/t17-,20?,22?,23?,25+/m0/s1. The van der Waals surface area contributed by atoms with Crippen molar-refractivity contribution in [2.24, 2.45) is 5.92 Å². The summed E-state index contributed by atoms with van der Waals surface area (Å²) in [6.45, 7) is 4.66. The molecule has 3 aromatic rings. The molecule has 2 unspecified atom stereocenters. The zero-order chi connectivity index (χ0) is 27.3. The van der Waals surface area contributed by atoms with Crippen LogP contribution in [0.15, 0.2) is 30.5 Å². The summed E-state index contributed by atoms with van der Waals surface area (Å²) >= 11 is 1.82. The van der Waals surface area contributed by atoms with Crippen molar-refractivity contribution in [3.05, 3.63) is 46.6 Å². The minimum atomic E-state index is -0.642. The molecule has 3 fully saturated rings. The molecule has 3 aliphatic heterocycles. The smallest absolute Gasteiger partial charge is 0.313 e. The second-order valence-corrected chi connectivity index (χ2v) is 12.8. The second-order valence-electron chi connectivity index (χ2n) is 11.7.